The van der Waals surface area contributed by atoms with Crippen LogP contribution in [0.25, 0.3) is 10.9 Å². The summed E-state index contributed by atoms with van der Waals surface area (Å²) in [5.41, 5.74) is 18.0. The fourth-order valence-corrected chi connectivity index (χ4v) is 10.9. The van der Waals surface area contributed by atoms with Gasteiger partial charge in [-0.15, -0.1) is 0 Å². The van der Waals surface area contributed by atoms with Crippen LogP contribution in [0, 0.1) is 17.2 Å². The molecule has 12 atom stereocenters. The molecule has 40 heteroatoms. The van der Waals surface area contributed by atoms with Gasteiger partial charge >= 0.3 is 17.9 Å². The number of guanidine groups is 1. The molecule has 0 aliphatic heterocycles. The van der Waals surface area contributed by atoms with E-state index in [2.05, 4.69) is 84.1 Å². The molecule has 0 fully saturated rings. The minimum atomic E-state index is -1.99. The maximum atomic E-state index is 14.9. The van der Waals surface area contributed by atoms with Gasteiger partial charge in [-0.25, -0.2) is 4.98 Å². The summed E-state index contributed by atoms with van der Waals surface area (Å²) < 4.78 is 0. The zero-order valence-electron chi connectivity index (χ0n) is 60.5. The summed E-state index contributed by atoms with van der Waals surface area (Å²) in [4.78, 5) is 237. The highest BCUT2D eigenvalue weighted by Crippen LogP contribution is 2.20. The molecule has 108 heavy (non-hydrogen) atoms. The zero-order chi connectivity index (χ0) is 80.6. The second kappa shape index (κ2) is 43.0. The van der Waals surface area contributed by atoms with Crippen LogP contribution >= 0.6 is 0 Å². The molecule has 2 aromatic carbocycles. The van der Waals surface area contributed by atoms with Crippen LogP contribution in [0.1, 0.15) is 117 Å². The highest BCUT2D eigenvalue weighted by atomic mass is 16.4. The second-order valence-corrected chi connectivity index (χ2v) is 26.3. The van der Waals surface area contributed by atoms with Crippen LogP contribution in [0.5, 0.6) is 0 Å². The Morgan fingerprint density at radius 3 is 1.45 bits per heavy atom. The van der Waals surface area contributed by atoms with E-state index in [9.17, 15) is 96.8 Å². The average Bonchev–Trinajstić information content (AvgIpc) is 1.63. The number of benzene rings is 2. The second-order valence-electron chi connectivity index (χ2n) is 26.3. The van der Waals surface area contributed by atoms with E-state index in [1.54, 1.807) is 74.6 Å². The van der Waals surface area contributed by atoms with Gasteiger partial charge in [-0.1, -0.05) is 76.2 Å². The molecule has 14 amide bonds. The van der Waals surface area contributed by atoms with Gasteiger partial charge < -0.3 is 112 Å². The zero-order valence-corrected chi connectivity index (χ0v) is 60.5. The molecule has 0 saturated carbocycles. The van der Waals surface area contributed by atoms with E-state index in [0.29, 0.717) is 22.0 Å². The van der Waals surface area contributed by atoms with Crippen molar-refractivity contribution in [3.05, 3.63) is 90.1 Å². The molecule has 4 rings (SSSR count). The number of carboxylic acid groups (broad SMARTS) is 3. The number of hydrogen-bond donors (Lipinski definition) is 22. The third kappa shape index (κ3) is 30.3. The van der Waals surface area contributed by atoms with Crippen LogP contribution < -0.4 is 86.3 Å². The van der Waals surface area contributed by atoms with E-state index in [-0.39, 0.29) is 63.1 Å². The minimum Gasteiger partial charge on any atom is -0.481 e. The number of amides is 14. The van der Waals surface area contributed by atoms with Crippen LogP contribution in [0.3, 0.4) is 0 Å². The fourth-order valence-electron chi connectivity index (χ4n) is 10.9. The fraction of sp³-hybridized carbons (Fsp3) is 0.485. The summed E-state index contributed by atoms with van der Waals surface area (Å²) >= 11 is 0. The highest BCUT2D eigenvalue weighted by Gasteiger charge is 2.38. The Kier molecular flexibility index (Phi) is 35.0. The number of primary amides is 2. The quantitative estimate of drug-likeness (QED) is 0.0112. The van der Waals surface area contributed by atoms with Crippen LogP contribution in [0.2, 0.25) is 0 Å². The smallest absolute Gasteiger partial charge is 0.305 e. The molecular weight excluding hydrogens is 1420 g/mol. The first kappa shape index (κ1) is 87.9. The molecule has 0 saturated heterocycles. The standard InChI is InChI=1S/C68H96N20O20/c1-32(2)22-44(83-65(106)48(26-51(69)90)87-67(108)55(33(3)4)88-59(100)43(79-36(7)89)19-20-52(91)92)62(103)86-49(27-53(93)94)61(102)78-34(5)57(98)81-47(25-39-30-73-31-76-39)64(105)84-45(23-37-14-9-8-10-15-37)63(104)85-46(24-38-29-75-41-17-12-11-16-40(38)41)60(101)77-35(6)58(99)82-50(28-54(95)96)66(107)80-42(56(70)97)18-13-21-74-68(71)72/h8-12,14-17,29-35,42-50,55,75H,13,18-28H2,1-7H3,(H2,69,90)(H2,70,97)(H,73,76)(H,77,101)(H,78,102)(H,79,89)(H,80,107)(H,81,98)(H,82,99)(H,83,106)(H,84,105)(H,85,104)(H,86,103)(H,87,108)(H,88,100)(H,91,92)(H,93,94)(H,95,96)(H4,71,72,74)/t34-,35-,42-,43-,44-,45-,46-,47-,48-,49-,50-,55-/m0/s1. The van der Waals surface area contributed by atoms with E-state index < -0.39 is 211 Å². The van der Waals surface area contributed by atoms with Crippen molar-refractivity contribution >= 4 is 117 Å². The Morgan fingerprint density at radius 1 is 0.472 bits per heavy atom. The maximum absolute atomic E-state index is 14.9. The summed E-state index contributed by atoms with van der Waals surface area (Å²) in [6.45, 7) is 9.77. The van der Waals surface area contributed by atoms with Gasteiger partial charge in [0.25, 0.3) is 0 Å². The number of fused-ring (bicyclic) bond motifs is 1. The third-order valence-electron chi connectivity index (χ3n) is 16.4. The van der Waals surface area contributed by atoms with Crippen LogP contribution in [0.4, 0.5) is 0 Å². The Bertz CT molecular complexity index is 3890. The lowest BCUT2D eigenvalue weighted by Gasteiger charge is -2.28. The minimum absolute atomic E-state index is 0.0764. The number of nitrogens with zero attached hydrogens (tertiary/aromatic N) is 1. The summed E-state index contributed by atoms with van der Waals surface area (Å²) in [5, 5.41) is 68.3. The van der Waals surface area contributed by atoms with Crippen LogP contribution in [-0.4, -0.2) is 216 Å². The van der Waals surface area contributed by atoms with Crippen LogP contribution in [-0.2, 0) is 101 Å². The number of para-hydroxylation sites is 1. The van der Waals surface area contributed by atoms with E-state index in [1.165, 1.54) is 33.3 Å². The number of hydrogen-bond acceptors (Lipinski definition) is 19. The van der Waals surface area contributed by atoms with Crippen molar-refractivity contribution in [3.63, 3.8) is 0 Å². The predicted molar refractivity (Wildman–Crippen MR) is 382 cm³/mol. The summed E-state index contributed by atoms with van der Waals surface area (Å²) in [6.07, 6.45) is -0.722. The van der Waals surface area contributed by atoms with E-state index >= 15 is 0 Å². The summed E-state index contributed by atoms with van der Waals surface area (Å²) in [7, 11) is 0. The number of rotatable bonds is 46. The maximum Gasteiger partial charge on any atom is 0.305 e. The number of nitrogens with two attached hydrogens (primary N) is 3. The first-order chi connectivity index (χ1) is 50.8. The number of aromatic amines is 2. The predicted octanol–water partition coefficient (Wildman–Crippen LogP) is -5.06. The van der Waals surface area contributed by atoms with E-state index in [1.807, 2.05) is 0 Å². The van der Waals surface area contributed by atoms with Gasteiger partial charge in [0.05, 0.1) is 31.3 Å². The molecule has 0 radical (unpaired) electrons. The van der Waals surface area contributed by atoms with Crippen molar-refractivity contribution in [3.8, 4) is 0 Å². The molecule has 2 aromatic heterocycles. The van der Waals surface area contributed by atoms with Gasteiger partial charge in [-0.2, -0.15) is 0 Å². The van der Waals surface area contributed by atoms with Crippen molar-refractivity contribution in [1.29, 1.82) is 5.41 Å². The number of imidazole rings is 1. The molecule has 0 spiro atoms. The molecule has 25 N–H and O–H groups in total. The number of carboxylic acids is 3. The van der Waals surface area contributed by atoms with Crippen LogP contribution in [0.15, 0.2) is 73.3 Å². The third-order valence-corrected chi connectivity index (χ3v) is 16.4. The van der Waals surface area contributed by atoms with Gasteiger partial charge in [-0.05, 0) is 68.6 Å². The molecule has 588 valence electrons. The highest BCUT2D eigenvalue weighted by molar-refractivity contribution is 6.01. The Morgan fingerprint density at radius 2 is 0.935 bits per heavy atom. The molecular formula is C68H96N20O20. The van der Waals surface area contributed by atoms with Gasteiger partial charge in [0, 0.05) is 62.4 Å². The Balaban J connectivity index is 1.60. The first-order valence-corrected chi connectivity index (χ1v) is 34.3. The Labute approximate surface area is 618 Å². The first-order valence-electron chi connectivity index (χ1n) is 34.3. The monoisotopic (exact) mass is 1510 g/mol. The summed E-state index contributed by atoms with van der Waals surface area (Å²) in [5.74, 6) is -20.7. The van der Waals surface area contributed by atoms with Crippen molar-refractivity contribution < 1.29 is 96.8 Å². The van der Waals surface area contributed by atoms with Crippen molar-refractivity contribution in [2.75, 3.05) is 6.54 Å². The molecule has 0 aliphatic carbocycles. The largest absolute Gasteiger partial charge is 0.481 e. The van der Waals surface area contributed by atoms with Gasteiger partial charge in [-0.3, -0.25) is 86.9 Å². The molecule has 0 unspecified atom stereocenters. The molecule has 0 aliphatic rings. The summed E-state index contributed by atoms with van der Waals surface area (Å²) in [6, 6.07) is -4.42. The SMILES string of the molecule is CC(=O)N[C@@H](CCC(=O)O)C(=O)N[C@H](C(=O)N[C@@H](CC(N)=O)C(=O)N[C@@H](CC(C)C)C(=O)N[C@@H](CC(=O)O)C(=O)N[C@@H](C)C(=O)N[C@@H](Cc1c[nH]cn1)C(=O)N[C@@H](Cc1ccccc1)C(=O)N[C@@H](Cc1c[nH]c2ccccc12)C(=O)N[C@@H](C)C(=O)N[C@@H](CC(=O)O)C(=O)N[C@@H](CCCNC(=N)N)C(N)=O)C(C)C. The molecule has 4 aromatic rings. The molecule has 40 nitrogen and oxygen atoms in total. The lowest BCUT2D eigenvalue weighted by atomic mass is 10.00. The van der Waals surface area contributed by atoms with Crippen molar-refractivity contribution in [1.82, 2.24) is 84.1 Å². The van der Waals surface area contributed by atoms with Gasteiger partial charge in [0.15, 0.2) is 5.96 Å². The molecule has 0 bridgehead atoms. The van der Waals surface area contributed by atoms with Gasteiger partial charge in [0.2, 0.25) is 82.7 Å². The van der Waals surface area contributed by atoms with Crippen molar-refractivity contribution in [2.24, 2.45) is 29.0 Å². The Hall–Kier alpha value is -12.6. The average molecular weight is 1510 g/mol. The number of carbonyl (C=O) groups excluding carboxylic acids is 14. The topological polar surface area (TPSA) is 654 Å². The van der Waals surface area contributed by atoms with E-state index in [4.69, 9.17) is 22.6 Å². The number of nitrogens with one attached hydrogen (secondary N) is 16. The van der Waals surface area contributed by atoms with Gasteiger partial charge in [0.1, 0.15) is 72.5 Å². The number of aromatic nitrogens is 3. The number of aliphatic carboxylic acids is 3. The van der Waals surface area contributed by atoms with E-state index in [0.717, 1.165) is 13.8 Å². The molecule has 2 heterocycles. The lowest BCUT2D eigenvalue weighted by molar-refractivity contribution is -0.142. The van der Waals surface area contributed by atoms with Crippen molar-refractivity contribution in [2.45, 2.75) is 192 Å². The lowest BCUT2D eigenvalue weighted by Crippen LogP contribution is -2.61. The normalized spacial score (nSPS) is 14.4. The number of H-pyrrole nitrogens is 2. The number of carbonyl (C=O) groups is 17.